The molecular formula is C17H15NO2. The van der Waals surface area contributed by atoms with Gasteiger partial charge in [0, 0.05) is 18.7 Å². The van der Waals surface area contributed by atoms with Crippen molar-refractivity contribution in [3.63, 3.8) is 0 Å². The zero-order valence-electron chi connectivity index (χ0n) is 11.0. The summed E-state index contributed by atoms with van der Waals surface area (Å²) in [5, 5.41) is 0. The molecule has 100 valence electrons. The van der Waals surface area contributed by atoms with Crippen LogP contribution in [0.5, 0.6) is 0 Å². The number of rotatable bonds is 5. The molecule has 0 atom stereocenters. The highest BCUT2D eigenvalue weighted by Crippen LogP contribution is 2.16. The summed E-state index contributed by atoms with van der Waals surface area (Å²) in [5.41, 5.74) is 2.94. The Kier molecular flexibility index (Phi) is 3.50. The van der Waals surface area contributed by atoms with E-state index < -0.39 is 0 Å². The molecule has 0 unspecified atom stereocenters. The van der Waals surface area contributed by atoms with Gasteiger partial charge in [-0.15, -0.1) is 0 Å². The van der Waals surface area contributed by atoms with E-state index in [0.717, 1.165) is 17.7 Å². The first-order valence-corrected chi connectivity index (χ1v) is 6.57. The molecule has 3 rings (SSSR count). The number of aromatic nitrogens is 1. The molecule has 3 aromatic rings. The molecule has 0 aliphatic carbocycles. The number of hydrogen-bond acceptors (Lipinski definition) is 2. The summed E-state index contributed by atoms with van der Waals surface area (Å²) in [7, 11) is 0. The minimum absolute atomic E-state index is 0.688. The maximum absolute atomic E-state index is 11.2. The Labute approximate surface area is 117 Å². The van der Waals surface area contributed by atoms with Gasteiger partial charge in [0.15, 0.2) is 6.29 Å². The Morgan fingerprint density at radius 3 is 2.55 bits per heavy atom. The number of carbonyl (C=O) groups excluding carboxylic acids is 1. The fourth-order valence-corrected chi connectivity index (χ4v) is 2.34. The molecule has 1 aromatic carbocycles. The van der Waals surface area contributed by atoms with Crippen LogP contribution in [0.4, 0.5) is 0 Å². The molecule has 0 fully saturated rings. The van der Waals surface area contributed by atoms with Gasteiger partial charge in [-0.05, 0) is 29.8 Å². The van der Waals surface area contributed by atoms with Gasteiger partial charge in [0.25, 0.3) is 0 Å². The van der Waals surface area contributed by atoms with Gasteiger partial charge in [0.05, 0.1) is 12.0 Å². The number of hydrogen-bond donors (Lipinski definition) is 0. The fraction of sp³-hybridized carbons (Fsp3) is 0.118. The third-order valence-corrected chi connectivity index (χ3v) is 3.34. The van der Waals surface area contributed by atoms with E-state index in [9.17, 15) is 4.79 Å². The summed E-state index contributed by atoms with van der Waals surface area (Å²) in [5.74, 6) is 0.898. The van der Waals surface area contributed by atoms with Crippen molar-refractivity contribution in [2.45, 2.75) is 13.0 Å². The molecule has 0 bridgehead atoms. The van der Waals surface area contributed by atoms with Crippen LogP contribution in [0.2, 0.25) is 0 Å². The van der Waals surface area contributed by atoms with Gasteiger partial charge in [-0.1, -0.05) is 30.3 Å². The van der Waals surface area contributed by atoms with E-state index in [1.807, 2.05) is 47.0 Å². The first kappa shape index (κ1) is 12.5. The summed E-state index contributed by atoms with van der Waals surface area (Å²) in [6, 6.07) is 17.8. The Morgan fingerprint density at radius 2 is 1.85 bits per heavy atom. The van der Waals surface area contributed by atoms with Gasteiger partial charge in [-0.3, -0.25) is 4.79 Å². The van der Waals surface area contributed by atoms with Crippen LogP contribution in [0.15, 0.2) is 65.3 Å². The molecule has 0 saturated heterocycles. The molecule has 3 nitrogen and oxygen atoms in total. The van der Waals surface area contributed by atoms with E-state index in [2.05, 4.69) is 12.1 Å². The van der Waals surface area contributed by atoms with Crippen molar-refractivity contribution >= 4 is 6.29 Å². The second kappa shape index (κ2) is 5.61. The van der Waals surface area contributed by atoms with E-state index in [-0.39, 0.29) is 0 Å². The largest absolute Gasteiger partial charge is 0.469 e. The zero-order chi connectivity index (χ0) is 13.8. The summed E-state index contributed by atoms with van der Waals surface area (Å²) < 4.78 is 7.42. The van der Waals surface area contributed by atoms with E-state index in [1.54, 1.807) is 6.26 Å². The summed E-state index contributed by atoms with van der Waals surface area (Å²) >= 11 is 0. The summed E-state index contributed by atoms with van der Waals surface area (Å²) in [4.78, 5) is 11.2. The van der Waals surface area contributed by atoms with Crippen LogP contribution in [-0.2, 0) is 13.0 Å². The van der Waals surface area contributed by atoms with Gasteiger partial charge in [-0.2, -0.15) is 0 Å². The van der Waals surface area contributed by atoms with Crippen molar-refractivity contribution in [3.8, 4) is 0 Å². The summed E-state index contributed by atoms with van der Waals surface area (Å²) in [6.45, 7) is 0.692. The number of aldehydes is 1. The fourth-order valence-electron chi connectivity index (χ4n) is 2.34. The van der Waals surface area contributed by atoms with Crippen molar-refractivity contribution in [3.05, 3.63) is 83.6 Å². The first-order valence-electron chi connectivity index (χ1n) is 6.57. The standard InChI is InChI=1S/C17H15NO2/c19-13-16-9-8-15(11-17-7-4-10-20-17)18(16)12-14-5-2-1-3-6-14/h1-10,13H,11-12H2. The molecule has 0 saturated carbocycles. The van der Waals surface area contributed by atoms with Crippen LogP contribution in [0.3, 0.4) is 0 Å². The van der Waals surface area contributed by atoms with Gasteiger partial charge in [0.1, 0.15) is 5.76 Å². The minimum Gasteiger partial charge on any atom is -0.469 e. The van der Waals surface area contributed by atoms with Crippen LogP contribution < -0.4 is 0 Å². The Bertz CT molecular complexity index is 681. The van der Waals surface area contributed by atoms with Gasteiger partial charge >= 0.3 is 0 Å². The third-order valence-electron chi connectivity index (χ3n) is 3.34. The molecule has 2 heterocycles. The molecule has 0 aliphatic rings. The van der Waals surface area contributed by atoms with Crippen molar-refractivity contribution in [1.29, 1.82) is 0 Å². The molecule has 3 heteroatoms. The van der Waals surface area contributed by atoms with Crippen LogP contribution in [-0.4, -0.2) is 10.9 Å². The Morgan fingerprint density at radius 1 is 1.00 bits per heavy atom. The SMILES string of the molecule is O=Cc1ccc(Cc2ccco2)n1Cc1ccccc1. The van der Waals surface area contributed by atoms with Gasteiger partial charge in [0.2, 0.25) is 0 Å². The van der Waals surface area contributed by atoms with E-state index in [0.29, 0.717) is 18.7 Å². The van der Waals surface area contributed by atoms with Gasteiger partial charge in [-0.25, -0.2) is 0 Å². The minimum atomic E-state index is 0.688. The van der Waals surface area contributed by atoms with Crippen molar-refractivity contribution in [1.82, 2.24) is 4.57 Å². The van der Waals surface area contributed by atoms with E-state index >= 15 is 0 Å². The monoisotopic (exact) mass is 265 g/mol. The Balaban J connectivity index is 1.91. The maximum atomic E-state index is 11.2. The van der Waals surface area contributed by atoms with Gasteiger partial charge < -0.3 is 8.98 Å². The molecule has 2 aromatic heterocycles. The lowest BCUT2D eigenvalue weighted by Gasteiger charge is -2.10. The van der Waals surface area contributed by atoms with E-state index in [4.69, 9.17) is 4.42 Å². The average Bonchev–Trinajstić information content (AvgIpc) is 3.11. The number of nitrogens with zero attached hydrogens (tertiary/aromatic N) is 1. The van der Waals surface area contributed by atoms with Crippen LogP contribution >= 0.6 is 0 Å². The summed E-state index contributed by atoms with van der Waals surface area (Å²) in [6.07, 6.45) is 3.25. The molecule has 20 heavy (non-hydrogen) atoms. The average molecular weight is 265 g/mol. The topological polar surface area (TPSA) is 35.1 Å². The van der Waals surface area contributed by atoms with Crippen molar-refractivity contribution < 1.29 is 9.21 Å². The lowest BCUT2D eigenvalue weighted by atomic mass is 10.2. The lowest BCUT2D eigenvalue weighted by Crippen LogP contribution is -2.08. The van der Waals surface area contributed by atoms with E-state index in [1.165, 1.54) is 5.56 Å². The molecule has 0 amide bonds. The van der Waals surface area contributed by atoms with Crippen molar-refractivity contribution in [2.24, 2.45) is 0 Å². The smallest absolute Gasteiger partial charge is 0.166 e. The second-order valence-corrected chi connectivity index (χ2v) is 4.70. The van der Waals surface area contributed by atoms with Crippen molar-refractivity contribution in [2.75, 3.05) is 0 Å². The number of furan rings is 1. The Hall–Kier alpha value is -2.55. The number of carbonyl (C=O) groups is 1. The third kappa shape index (κ3) is 2.57. The molecule has 0 N–H and O–H groups in total. The lowest BCUT2D eigenvalue weighted by molar-refractivity contribution is 0.111. The quantitative estimate of drug-likeness (QED) is 0.661. The predicted molar refractivity (Wildman–Crippen MR) is 76.9 cm³/mol. The predicted octanol–water partition coefficient (Wildman–Crippen LogP) is 3.53. The normalized spacial score (nSPS) is 10.6. The molecule has 0 spiro atoms. The maximum Gasteiger partial charge on any atom is 0.166 e. The first-order chi connectivity index (χ1) is 9.86. The van der Waals surface area contributed by atoms with Crippen LogP contribution in [0.25, 0.3) is 0 Å². The zero-order valence-corrected chi connectivity index (χ0v) is 11.0. The highest BCUT2D eigenvalue weighted by atomic mass is 16.3. The second-order valence-electron chi connectivity index (χ2n) is 4.70. The molecular weight excluding hydrogens is 250 g/mol. The van der Waals surface area contributed by atoms with Crippen LogP contribution in [0, 0.1) is 0 Å². The molecule has 0 radical (unpaired) electrons. The highest BCUT2D eigenvalue weighted by Gasteiger charge is 2.10. The van der Waals surface area contributed by atoms with Crippen LogP contribution in [0.1, 0.15) is 27.5 Å². The number of benzene rings is 1. The highest BCUT2D eigenvalue weighted by molar-refractivity contribution is 5.72. The molecule has 0 aliphatic heterocycles.